The zero-order valence-electron chi connectivity index (χ0n) is 53.3. The number of esters is 1. The summed E-state index contributed by atoms with van der Waals surface area (Å²) in [6.07, 6.45) is 77.3. The quantitative estimate of drug-likeness (QED) is 0.0161. The van der Waals surface area contributed by atoms with E-state index < -0.39 is 26.6 Å². The molecule has 0 fully saturated rings. The lowest BCUT2D eigenvalue weighted by Gasteiger charge is -2.30. The molecule has 0 saturated carbocycles. The van der Waals surface area contributed by atoms with Gasteiger partial charge in [0.05, 0.1) is 33.8 Å². The molecule has 1 amide bonds. The van der Waals surface area contributed by atoms with Crippen LogP contribution in [0.4, 0.5) is 0 Å². The largest absolute Gasteiger partial charge is 0.756 e. The van der Waals surface area contributed by atoms with Gasteiger partial charge >= 0.3 is 5.97 Å². The molecule has 0 radical (unpaired) electrons. The van der Waals surface area contributed by atoms with E-state index in [-0.39, 0.29) is 31.3 Å². The molecule has 9 nitrogen and oxygen atoms in total. The number of phosphoric acid groups is 1. The van der Waals surface area contributed by atoms with Crippen molar-refractivity contribution >= 4 is 19.7 Å². The Bertz CT molecular complexity index is 1600. The molecule has 466 valence electrons. The lowest BCUT2D eigenvalue weighted by atomic mass is 10.0. The lowest BCUT2D eigenvalue weighted by Crippen LogP contribution is -2.47. The van der Waals surface area contributed by atoms with Crippen LogP contribution in [-0.4, -0.2) is 69.4 Å². The number of unbranched alkanes of at least 4 members (excludes halogenated alkanes) is 36. The summed E-state index contributed by atoms with van der Waals surface area (Å²) in [6.45, 7) is 6.81. The molecule has 10 heteroatoms. The first-order valence-electron chi connectivity index (χ1n) is 33.8. The molecule has 0 aromatic rings. The van der Waals surface area contributed by atoms with Gasteiger partial charge in [-0.25, -0.2) is 0 Å². The molecule has 1 N–H and O–H groups in total. The highest BCUT2D eigenvalue weighted by Gasteiger charge is 2.27. The highest BCUT2D eigenvalue weighted by Crippen LogP contribution is 2.38. The van der Waals surface area contributed by atoms with Crippen molar-refractivity contribution in [3.05, 3.63) is 72.9 Å². The van der Waals surface area contributed by atoms with Crippen molar-refractivity contribution in [2.45, 2.75) is 322 Å². The van der Waals surface area contributed by atoms with Gasteiger partial charge in [-0.15, -0.1) is 0 Å². The summed E-state index contributed by atoms with van der Waals surface area (Å²) in [4.78, 5) is 40.1. The van der Waals surface area contributed by atoms with Gasteiger partial charge in [0.1, 0.15) is 19.3 Å². The predicted octanol–water partition coefficient (Wildman–Crippen LogP) is 20.5. The third kappa shape index (κ3) is 60.1. The van der Waals surface area contributed by atoms with Crippen LogP contribution in [0.2, 0.25) is 0 Å². The monoisotopic (exact) mass is 1140 g/mol. The number of carbonyl (C=O) groups is 2. The summed E-state index contributed by atoms with van der Waals surface area (Å²) < 4.78 is 30.4. The Labute approximate surface area is 495 Å². The number of nitrogens with zero attached hydrogens (tertiary/aromatic N) is 1. The molecule has 0 aromatic heterocycles. The molecule has 3 atom stereocenters. The Kier molecular flexibility index (Phi) is 57.7. The minimum Gasteiger partial charge on any atom is -0.756 e. The van der Waals surface area contributed by atoms with Crippen LogP contribution in [-0.2, 0) is 27.9 Å². The highest BCUT2D eigenvalue weighted by molar-refractivity contribution is 7.45. The maximum Gasteiger partial charge on any atom is 0.306 e. The Morgan fingerprint density at radius 1 is 0.450 bits per heavy atom. The summed E-state index contributed by atoms with van der Waals surface area (Å²) in [5, 5.41) is 3.02. The zero-order chi connectivity index (χ0) is 58.6. The Balaban J connectivity index is 5.17. The van der Waals surface area contributed by atoms with Crippen molar-refractivity contribution in [3.8, 4) is 0 Å². The first-order chi connectivity index (χ1) is 38.9. The number of hydrogen-bond donors (Lipinski definition) is 1. The first kappa shape index (κ1) is 77.5. The number of carbonyl (C=O) groups excluding carboxylic acids is 2. The second-order valence-corrected chi connectivity index (χ2v) is 25.4. The van der Waals surface area contributed by atoms with Crippen molar-refractivity contribution in [3.63, 3.8) is 0 Å². The highest BCUT2D eigenvalue weighted by atomic mass is 31.2. The van der Waals surface area contributed by atoms with Gasteiger partial charge in [-0.1, -0.05) is 274 Å². The van der Waals surface area contributed by atoms with E-state index in [1.54, 1.807) is 0 Å². The summed E-state index contributed by atoms with van der Waals surface area (Å²) in [5.41, 5.74) is 0. The number of nitrogens with one attached hydrogen (secondary N) is 1. The van der Waals surface area contributed by atoms with Gasteiger partial charge in [-0.05, 0) is 96.0 Å². The third-order valence-corrected chi connectivity index (χ3v) is 15.9. The molecule has 80 heavy (non-hydrogen) atoms. The number of allylic oxidation sites excluding steroid dienone is 11. The number of amides is 1. The number of quaternary nitrogens is 1. The second-order valence-electron chi connectivity index (χ2n) is 24.0. The van der Waals surface area contributed by atoms with E-state index in [9.17, 15) is 19.0 Å². The minimum absolute atomic E-state index is 0.0289. The van der Waals surface area contributed by atoms with E-state index >= 15 is 0 Å². The van der Waals surface area contributed by atoms with Gasteiger partial charge in [-0.2, -0.15) is 0 Å². The van der Waals surface area contributed by atoms with Crippen LogP contribution >= 0.6 is 7.82 Å². The van der Waals surface area contributed by atoms with E-state index in [0.717, 1.165) is 77.0 Å². The number of phosphoric ester groups is 1. The van der Waals surface area contributed by atoms with Gasteiger partial charge in [0.25, 0.3) is 7.82 Å². The van der Waals surface area contributed by atoms with Gasteiger partial charge in [0.2, 0.25) is 5.91 Å². The van der Waals surface area contributed by atoms with Crippen molar-refractivity contribution < 1.29 is 37.3 Å². The maximum atomic E-state index is 13.5. The van der Waals surface area contributed by atoms with Crippen molar-refractivity contribution in [2.24, 2.45) is 0 Å². The van der Waals surface area contributed by atoms with E-state index in [2.05, 4.69) is 86.8 Å². The maximum absolute atomic E-state index is 13.5. The fraction of sp³-hybridized carbons (Fsp3) is 0.800. The molecule has 3 unspecified atom stereocenters. The Morgan fingerprint density at radius 3 is 1.25 bits per heavy atom. The van der Waals surface area contributed by atoms with E-state index in [1.807, 2.05) is 33.3 Å². The van der Waals surface area contributed by atoms with Crippen molar-refractivity contribution in [2.75, 3.05) is 40.9 Å². The fourth-order valence-electron chi connectivity index (χ4n) is 9.64. The topological polar surface area (TPSA) is 114 Å². The zero-order valence-corrected chi connectivity index (χ0v) is 54.2. The van der Waals surface area contributed by atoms with Gasteiger partial charge in [0, 0.05) is 12.8 Å². The van der Waals surface area contributed by atoms with Crippen LogP contribution in [0.3, 0.4) is 0 Å². The number of rotatable bonds is 61. The number of hydrogen-bond acceptors (Lipinski definition) is 7. The summed E-state index contributed by atoms with van der Waals surface area (Å²) in [5.74, 6) is -0.567. The molecular weight excluding hydrogens is 1010 g/mol. The Hall–Kier alpha value is -2.55. The molecule has 0 bridgehead atoms. The Morgan fingerprint density at radius 2 is 0.800 bits per heavy atom. The lowest BCUT2D eigenvalue weighted by molar-refractivity contribution is -0.870. The summed E-state index contributed by atoms with van der Waals surface area (Å²) in [7, 11) is 1.17. The first-order valence-corrected chi connectivity index (χ1v) is 35.2. The normalized spacial score (nSPS) is 14.0. The standard InChI is InChI=1S/C70H129N2O7P/c1-7-10-13-16-19-22-25-28-30-32-33-34-35-36-37-38-39-40-42-45-48-51-54-57-60-63-70(74)79-68(61-58-55-52-49-46-43-27-24-21-18-15-12-9-3)67(66-78-80(75,76)77-65-64-72(4,5)6)71-69(73)62-59-56-53-50-47-44-41-31-29-26-23-20-17-14-11-8-2/h19,22,28,30-31,33-34,41,44,47,58,61,67-68H,7-18,20-21,23-27,29,32,35-40,42-43,45-46,48-57,59-60,62-66H2,1-6H3,(H-,71,73,75,76)/b22-19-,30-28-,34-33-,41-31+,47-44+,61-58-. The van der Waals surface area contributed by atoms with Crippen LogP contribution in [0.15, 0.2) is 72.9 Å². The van der Waals surface area contributed by atoms with Crippen LogP contribution in [0, 0.1) is 0 Å². The van der Waals surface area contributed by atoms with E-state index in [0.29, 0.717) is 17.4 Å². The van der Waals surface area contributed by atoms with Crippen LogP contribution in [0.1, 0.15) is 310 Å². The molecule has 0 spiro atoms. The van der Waals surface area contributed by atoms with E-state index in [4.69, 9.17) is 13.8 Å². The van der Waals surface area contributed by atoms with Crippen molar-refractivity contribution in [1.82, 2.24) is 5.32 Å². The van der Waals surface area contributed by atoms with Crippen LogP contribution in [0.5, 0.6) is 0 Å². The molecule has 0 aromatic carbocycles. The molecular formula is C70H129N2O7P. The van der Waals surface area contributed by atoms with Crippen molar-refractivity contribution in [1.29, 1.82) is 0 Å². The number of likely N-dealkylation sites (N-methyl/N-ethyl adjacent to an activating group) is 1. The molecule has 0 rings (SSSR count). The smallest absolute Gasteiger partial charge is 0.306 e. The summed E-state index contributed by atoms with van der Waals surface area (Å²) in [6, 6.07) is -0.905. The van der Waals surface area contributed by atoms with Crippen LogP contribution < -0.4 is 10.2 Å². The van der Waals surface area contributed by atoms with Gasteiger partial charge < -0.3 is 28.5 Å². The van der Waals surface area contributed by atoms with Gasteiger partial charge in [0.15, 0.2) is 0 Å². The minimum atomic E-state index is -4.71. The second kappa shape index (κ2) is 59.6. The third-order valence-electron chi connectivity index (χ3n) is 14.9. The molecule has 0 saturated heterocycles. The summed E-state index contributed by atoms with van der Waals surface area (Å²) >= 11 is 0. The molecule has 0 aliphatic heterocycles. The van der Waals surface area contributed by atoms with Crippen LogP contribution in [0.25, 0.3) is 0 Å². The van der Waals surface area contributed by atoms with E-state index in [1.165, 1.54) is 193 Å². The molecule has 0 heterocycles. The number of ether oxygens (including phenoxy) is 1. The predicted molar refractivity (Wildman–Crippen MR) is 344 cm³/mol. The van der Waals surface area contributed by atoms with Gasteiger partial charge in [-0.3, -0.25) is 14.2 Å². The molecule has 0 aliphatic carbocycles. The average molecular weight is 1140 g/mol. The SMILES string of the molecule is CCCCC/C=C\C/C=C\C/C=C\CCCCCCCCCCCCCCC(=O)OC(/C=C\CCCCCCCCCCCCC)C(COP(=O)([O-])OCC[N+](C)(C)C)NC(=O)CCCCC/C=C/C=C/CCCCCCCCC. The molecule has 0 aliphatic rings. The average Bonchev–Trinajstić information content (AvgIpc) is 3.42. The fourth-order valence-corrected chi connectivity index (χ4v) is 10.4.